The first-order chi connectivity index (χ1) is 13.8. The topological polar surface area (TPSA) is 185 Å². The van der Waals surface area contributed by atoms with E-state index < -0.39 is 43.8 Å². The minimum absolute atomic E-state index is 0.190. The monoisotopic (exact) mass is 415 g/mol. The first kappa shape index (κ1) is 26.5. The van der Waals surface area contributed by atoms with Crippen molar-refractivity contribution in [1.29, 1.82) is 0 Å². The molecule has 1 amide bonds. The maximum absolute atomic E-state index is 10.6. The van der Waals surface area contributed by atoms with Gasteiger partial charge in [0.05, 0.1) is 43.0 Å². The summed E-state index contributed by atoms with van der Waals surface area (Å²) in [6, 6.07) is 5.48. The Labute approximate surface area is 168 Å². The molecule has 2 rings (SSSR count). The lowest BCUT2D eigenvalue weighted by atomic mass is 9.93. The van der Waals surface area contributed by atoms with Crippen molar-refractivity contribution in [3.8, 4) is 0 Å². The zero-order valence-corrected chi connectivity index (χ0v) is 16.1. The van der Waals surface area contributed by atoms with Crippen LogP contribution in [0.15, 0.2) is 24.3 Å². The fourth-order valence-electron chi connectivity index (χ4n) is 2.06. The molecule has 1 saturated heterocycles. The summed E-state index contributed by atoms with van der Waals surface area (Å²) in [4.78, 5) is 31.5. The van der Waals surface area contributed by atoms with Crippen LogP contribution in [0, 0.1) is 5.41 Å². The van der Waals surface area contributed by atoms with E-state index in [0.717, 1.165) is 25.8 Å². The predicted octanol–water partition coefficient (Wildman–Crippen LogP) is -0.298. The second kappa shape index (κ2) is 14.5. The number of nitrogens with one attached hydrogen (secondary N) is 1. The number of hydrogen-bond donors (Lipinski definition) is 7. The zero-order valence-electron chi connectivity index (χ0n) is 16.1. The fourth-order valence-corrected chi connectivity index (χ4v) is 2.06. The van der Waals surface area contributed by atoms with Gasteiger partial charge < -0.3 is 36.0 Å². The molecule has 0 atom stereocenters. The average Bonchev–Trinajstić information content (AvgIpc) is 2.98. The van der Waals surface area contributed by atoms with Crippen molar-refractivity contribution < 1.29 is 45.0 Å². The van der Waals surface area contributed by atoms with Crippen molar-refractivity contribution in [3.05, 3.63) is 35.4 Å². The zero-order chi connectivity index (χ0) is 22.3. The molecule has 0 spiro atoms. The maximum atomic E-state index is 10.6. The van der Waals surface area contributed by atoms with Crippen molar-refractivity contribution in [3.63, 3.8) is 0 Å². The number of carboxylic acids is 2. The number of carbonyl (C=O) groups is 3. The van der Waals surface area contributed by atoms with E-state index in [0.29, 0.717) is 0 Å². The Bertz CT molecular complexity index is 584. The second-order valence-corrected chi connectivity index (χ2v) is 6.45. The highest BCUT2D eigenvalue weighted by atomic mass is 16.4. The smallest absolute Gasteiger partial charge is 0.336 e. The van der Waals surface area contributed by atoms with E-state index in [2.05, 4.69) is 5.32 Å². The van der Waals surface area contributed by atoms with Gasteiger partial charge in [0.15, 0.2) is 0 Å². The molecule has 7 N–H and O–H groups in total. The molecule has 0 saturated carbocycles. The Balaban J connectivity index is 0.000000416. The van der Waals surface area contributed by atoms with Crippen LogP contribution >= 0.6 is 0 Å². The van der Waals surface area contributed by atoms with Crippen LogP contribution in [-0.2, 0) is 4.79 Å². The standard InChI is InChI=1S/C8H6O4.C6H11NO.C5H12O4/c9-7(10)5-3-1-2-4-6(5)8(11)12;8-6-4-2-1-3-5-7-6;6-1-5(2-7,3-8)4-9/h1-4H,(H,9,10)(H,11,12);1-5H2,(H,7,8);6-9H,1-4H2. The fraction of sp³-hybridized carbons (Fsp3) is 0.526. The van der Waals surface area contributed by atoms with E-state index >= 15 is 0 Å². The molecule has 1 fully saturated rings. The van der Waals surface area contributed by atoms with Crippen molar-refractivity contribution in [2.24, 2.45) is 5.41 Å². The highest BCUT2D eigenvalue weighted by molar-refractivity contribution is 6.01. The quantitative estimate of drug-likeness (QED) is 0.328. The van der Waals surface area contributed by atoms with Gasteiger partial charge in [0, 0.05) is 13.0 Å². The summed E-state index contributed by atoms with van der Waals surface area (Å²) in [5.41, 5.74) is -1.49. The number of carbonyl (C=O) groups excluding carboxylic acids is 1. The summed E-state index contributed by atoms with van der Waals surface area (Å²) in [7, 11) is 0. The maximum Gasteiger partial charge on any atom is 0.336 e. The minimum atomic E-state index is -1.23. The first-order valence-electron chi connectivity index (χ1n) is 9.02. The van der Waals surface area contributed by atoms with Crippen LogP contribution in [0.4, 0.5) is 0 Å². The normalized spacial score (nSPS) is 13.6. The Hall–Kier alpha value is -2.53. The van der Waals surface area contributed by atoms with E-state index in [1.165, 1.54) is 30.7 Å². The summed E-state index contributed by atoms with van der Waals surface area (Å²) in [6.07, 6.45) is 4.18. The lowest BCUT2D eigenvalue weighted by molar-refractivity contribution is -0.120. The second-order valence-electron chi connectivity index (χ2n) is 6.45. The van der Waals surface area contributed by atoms with Crippen LogP contribution < -0.4 is 5.32 Å². The van der Waals surface area contributed by atoms with Gasteiger partial charge >= 0.3 is 11.9 Å². The molecular weight excluding hydrogens is 386 g/mol. The molecule has 0 unspecified atom stereocenters. The predicted molar refractivity (Wildman–Crippen MR) is 103 cm³/mol. The summed E-state index contributed by atoms with van der Waals surface area (Å²) in [5, 5.41) is 53.9. The molecule has 29 heavy (non-hydrogen) atoms. The van der Waals surface area contributed by atoms with Gasteiger partial charge in [-0.1, -0.05) is 18.6 Å². The van der Waals surface area contributed by atoms with E-state index in [1.54, 1.807) is 0 Å². The molecular formula is C19H29NO9. The molecule has 0 radical (unpaired) electrons. The van der Waals surface area contributed by atoms with Gasteiger partial charge in [-0.2, -0.15) is 0 Å². The molecule has 0 bridgehead atoms. The van der Waals surface area contributed by atoms with Crippen molar-refractivity contribution in [1.82, 2.24) is 5.32 Å². The van der Waals surface area contributed by atoms with Crippen LogP contribution in [0.1, 0.15) is 46.4 Å². The van der Waals surface area contributed by atoms with E-state index in [1.807, 2.05) is 0 Å². The Morgan fingerprint density at radius 1 is 0.828 bits per heavy atom. The number of carboxylic acid groups (broad SMARTS) is 2. The number of rotatable bonds is 6. The van der Waals surface area contributed by atoms with Gasteiger partial charge in [0.1, 0.15) is 0 Å². The number of benzene rings is 1. The third-order valence-corrected chi connectivity index (χ3v) is 4.13. The Morgan fingerprint density at radius 2 is 1.28 bits per heavy atom. The Kier molecular flexibility index (Phi) is 13.2. The van der Waals surface area contributed by atoms with Crippen LogP contribution in [0.5, 0.6) is 0 Å². The van der Waals surface area contributed by atoms with E-state index in [4.69, 9.17) is 30.6 Å². The highest BCUT2D eigenvalue weighted by Crippen LogP contribution is 2.12. The SMILES string of the molecule is O=C(O)c1ccccc1C(=O)O.O=C1CCCCCN1.OCC(CO)(CO)CO. The lowest BCUT2D eigenvalue weighted by Gasteiger charge is -2.23. The third-order valence-electron chi connectivity index (χ3n) is 4.13. The number of aromatic carboxylic acids is 2. The molecule has 1 aliphatic rings. The molecule has 0 aromatic heterocycles. The number of aliphatic hydroxyl groups excluding tert-OH is 4. The summed E-state index contributed by atoms with van der Waals surface area (Å²) < 4.78 is 0. The van der Waals surface area contributed by atoms with Gasteiger partial charge in [0.2, 0.25) is 5.91 Å². The van der Waals surface area contributed by atoms with Gasteiger partial charge in [0.25, 0.3) is 0 Å². The Morgan fingerprint density at radius 3 is 1.62 bits per heavy atom. The lowest BCUT2D eigenvalue weighted by Crippen LogP contribution is -2.37. The number of aliphatic hydroxyl groups is 4. The van der Waals surface area contributed by atoms with Gasteiger partial charge in [-0.15, -0.1) is 0 Å². The van der Waals surface area contributed by atoms with Crippen molar-refractivity contribution in [2.75, 3.05) is 33.0 Å². The number of hydrogen-bond acceptors (Lipinski definition) is 7. The highest BCUT2D eigenvalue weighted by Gasteiger charge is 2.26. The molecule has 10 nitrogen and oxygen atoms in total. The molecule has 1 heterocycles. The van der Waals surface area contributed by atoms with Crippen molar-refractivity contribution >= 4 is 17.8 Å². The minimum Gasteiger partial charge on any atom is -0.478 e. The third kappa shape index (κ3) is 9.99. The van der Waals surface area contributed by atoms with E-state index in [9.17, 15) is 14.4 Å². The number of amides is 1. The summed E-state index contributed by atoms with van der Waals surface area (Å²) in [5.74, 6) is -2.23. The van der Waals surface area contributed by atoms with Gasteiger partial charge in [-0.3, -0.25) is 4.79 Å². The van der Waals surface area contributed by atoms with Gasteiger partial charge in [-0.25, -0.2) is 9.59 Å². The molecule has 0 aliphatic carbocycles. The van der Waals surface area contributed by atoms with E-state index in [-0.39, 0.29) is 17.0 Å². The summed E-state index contributed by atoms with van der Waals surface area (Å²) in [6.45, 7) is -0.737. The molecule has 10 heteroatoms. The van der Waals surface area contributed by atoms with Crippen LogP contribution in [0.25, 0.3) is 0 Å². The average molecular weight is 415 g/mol. The summed E-state index contributed by atoms with van der Waals surface area (Å²) >= 11 is 0. The largest absolute Gasteiger partial charge is 0.478 e. The van der Waals surface area contributed by atoms with Crippen LogP contribution in [0.3, 0.4) is 0 Å². The van der Waals surface area contributed by atoms with Gasteiger partial charge in [-0.05, 0) is 25.0 Å². The van der Waals surface area contributed by atoms with Crippen LogP contribution in [0.2, 0.25) is 0 Å². The molecule has 1 aromatic rings. The first-order valence-corrected chi connectivity index (χ1v) is 9.02. The van der Waals surface area contributed by atoms with Crippen LogP contribution in [-0.4, -0.2) is 81.5 Å². The molecule has 1 aromatic carbocycles. The van der Waals surface area contributed by atoms with Crippen molar-refractivity contribution in [2.45, 2.75) is 25.7 Å². The molecule has 1 aliphatic heterocycles. The molecule has 164 valence electrons.